The van der Waals surface area contributed by atoms with Crippen molar-refractivity contribution in [3.05, 3.63) is 53.6 Å². The van der Waals surface area contributed by atoms with Crippen molar-refractivity contribution < 1.29 is 48.0 Å². The van der Waals surface area contributed by atoms with Gasteiger partial charge < -0.3 is 39.4 Å². The van der Waals surface area contributed by atoms with Gasteiger partial charge in [0.05, 0.1) is 20.8 Å². The molecule has 0 aliphatic heterocycles. The van der Waals surface area contributed by atoms with Gasteiger partial charge in [-0.15, -0.1) is 0 Å². The van der Waals surface area contributed by atoms with Crippen LogP contribution in [0.4, 0.5) is 9.59 Å². The van der Waals surface area contributed by atoms with Gasteiger partial charge in [-0.25, -0.2) is 9.59 Å². The summed E-state index contributed by atoms with van der Waals surface area (Å²) in [6.45, 7) is 4.66. The van der Waals surface area contributed by atoms with Gasteiger partial charge in [-0.05, 0) is 62.6 Å². The van der Waals surface area contributed by atoms with Crippen LogP contribution in [0, 0.1) is 0 Å². The number of alkyl carbamates (subject to hydrolysis) is 1. The van der Waals surface area contributed by atoms with Gasteiger partial charge in [-0.2, -0.15) is 0 Å². The first-order valence-electron chi connectivity index (χ1n) is 12.7. The number of hydrogen-bond donors (Lipinski definition) is 3. The number of amides is 2. The lowest BCUT2D eigenvalue weighted by Crippen LogP contribution is -2.49. The number of ether oxygens (including phenoxy) is 5. The Labute approximate surface area is 238 Å². The van der Waals surface area contributed by atoms with Gasteiger partial charge in [0.2, 0.25) is 5.91 Å². The minimum Gasteiger partial charge on any atom is -0.497 e. The number of methoxy groups -OCH3 is 2. The molecule has 0 saturated carbocycles. The normalized spacial score (nSPS) is 11.7. The number of benzene rings is 2. The Morgan fingerprint density at radius 3 is 2.07 bits per heavy atom. The SMILES string of the molecule is COc1cc(C=Cc2ccc(OC(=O)OCCNC(=O)C(CCC(=O)O)NC(=O)OC(C)(C)C)cc2)cc(OC)c1. The summed E-state index contributed by atoms with van der Waals surface area (Å²) in [5.74, 6) is -0.177. The van der Waals surface area contributed by atoms with Gasteiger partial charge in [0.25, 0.3) is 0 Å². The first-order chi connectivity index (χ1) is 19.4. The van der Waals surface area contributed by atoms with Crippen LogP contribution in [-0.4, -0.2) is 68.2 Å². The van der Waals surface area contributed by atoms with Crippen LogP contribution in [0.3, 0.4) is 0 Å². The van der Waals surface area contributed by atoms with Crippen LogP contribution in [0.25, 0.3) is 12.2 Å². The minimum absolute atomic E-state index is 0.0910. The first kappa shape index (κ1) is 32.5. The van der Waals surface area contributed by atoms with E-state index in [0.29, 0.717) is 11.5 Å². The molecule has 41 heavy (non-hydrogen) atoms. The van der Waals surface area contributed by atoms with Gasteiger partial charge in [0.15, 0.2) is 0 Å². The predicted molar refractivity (Wildman–Crippen MR) is 150 cm³/mol. The quantitative estimate of drug-likeness (QED) is 0.137. The zero-order chi connectivity index (χ0) is 30.4. The van der Waals surface area contributed by atoms with E-state index < -0.39 is 35.8 Å². The van der Waals surface area contributed by atoms with Gasteiger partial charge in [-0.3, -0.25) is 9.59 Å². The molecule has 222 valence electrons. The summed E-state index contributed by atoms with van der Waals surface area (Å²) in [6, 6.07) is 11.1. The van der Waals surface area contributed by atoms with Gasteiger partial charge >= 0.3 is 18.2 Å². The van der Waals surface area contributed by atoms with E-state index >= 15 is 0 Å². The third-order valence-corrected chi connectivity index (χ3v) is 5.20. The van der Waals surface area contributed by atoms with Gasteiger partial charge in [0, 0.05) is 12.5 Å². The molecule has 2 aromatic carbocycles. The number of rotatable bonds is 13. The lowest BCUT2D eigenvalue weighted by molar-refractivity contribution is -0.137. The van der Waals surface area contributed by atoms with Crippen LogP contribution in [0.5, 0.6) is 17.2 Å². The van der Waals surface area contributed by atoms with Crippen molar-refractivity contribution in [2.45, 2.75) is 45.3 Å². The molecule has 0 radical (unpaired) electrons. The van der Waals surface area contributed by atoms with Crippen LogP contribution >= 0.6 is 0 Å². The zero-order valence-corrected chi connectivity index (χ0v) is 23.7. The van der Waals surface area contributed by atoms with Crippen molar-refractivity contribution in [1.29, 1.82) is 0 Å². The van der Waals surface area contributed by atoms with Crippen molar-refractivity contribution >= 4 is 36.3 Å². The fraction of sp³-hybridized carbons (Fsp3) is 0.379. The van der Waals surface area contributed by atoms with Crippen LogP contribution in [0.2, 0.25) is 0 Å². The predicted octanol–water partition coefficient (Wildman–Crippen LogP) is 4.26. The summed E-state index contributed by atoms with van der Waals surface area (Å²) in [4.78, 5) is 47.4. The summed E-state index contributed by atoms with van der Waals surface area (Å²) in [5, 5.41) is 13.8. The van der Waals surface area contributed by atoms with Crippen LogP contribution in [0.15, 0.2) is 42.5 Å². The second-order valence-corrected chi connectivity index (χ2v) is 9.67. The maximum absolute atomic E-state index is 12.5. The Balaban J connectivity index is 1.81. The number of carbonyl (C=O) groups is 4. The number of carboxylic acids is 1. The van der Waals surface area contributed by atoms with E-state index in [0.717, 1.165) is 11.1 Å². The molecule has 0 aromatic heterocycles. The number of carboxylic acid groups (broad SMARTS) is 1. The molecule has 0 heterocycles. The molecule has 0 saturated heterocycles. The molecule has 1 unspecified atom stereocenters. The average molecular weight is 573 g/mol. The third-order valence-electron chi connectivity index (χ3n) is 5.20. The molecule has 2 aromatic rings. The van der Waals surface area contributed by atoms with Crippen LogP contribution < -0.4 is 24.8 Å². The molecular weight excluding hydrogens is 536 g/mol. The third kappa shape index (κ3) is 12.8. The molecule has 1 atom stereocenters. The van der Waals surface area contributed by atoms with Crippen LogP contribution in [0.1, 0.15) is 44.7 Å². The summed E-state index contributed by atoms with van der Waals surface area (Å²) in [6.07, 6.45) is 1.44. The highest BCUT2D eigenvalue weighted by Crippen LogP contribution is 2.24. The summed E-state index contributed by atoms with van der Waals surface area (Å²) in [7, 11) is 3.16. The van der Waals surface area contributed by atoms with E-state index in [1.165, 1.54) is 0 Å². The van der Waals surface area contributed by atoms with Gasteiger partial charge in [-0.1, -0.05) is 24.3 Å². The molecule has 0 fully saturated rings. The van der Waals surface area contributed by atoms with Crippen molar-refractivity contribution in [2.24, 2.45) is 0 Å². The van der Waals surface area contributed by atoms with Crippen molar-refractivity contribution in [1.82, 2.24) is 10.6 Å². The lowest BCUT2D eigenvalue weighted by Gasteiger charge is -2.23. The molecule has 12 nitrogen and oxygen atoms in total. The van der Waals surface area contributed by atoms with E-state index in [9.17, 15) is 19.2 Å². The average Bonchev–Trinajstić information content (AvgIpc) is 2.91. The number of carbonyl (C=O) groups excluding carboxylic acids is 3. The maximum Gasteiger partial charge on any atom is 0.513 e. The van der Waals surface area contributed by atoms with Crippen molar-refractivity contribution in [3.63, 3.8) is 0 Å². The summed E-state index contributed by atoms with van der Waals surface area (Å²) >= 11 is 0. The fourth-order valence-electron chi connectivity index (χ4n) is 3.31. The van der Waals surface area contributed by atoms with Crippen LogP contribution in [-0.2, 0) is 19.1 Å². The second kappa shape index (κ2) is 15.8. The highest BCUT2D eigenvalue weighted by molar-refractivity contribution is 5.86. The Hall–Kier alpha value is -4.74. The Kier molecular flexibility index (Phi) is 12.5. The number of aliphatic carboxylic acids is 1. The van der Waals surface area contributed by atoms with Gasteiger partial charge in [0.1, 0.15) is 35.5 Å². The fourth-order valence-corrected chi connectivity index (χ4v) is 3.31. The first-order valence-corrected chi connectivity index (χ1v) is 12.7. The summed E-state index contributed by atoms with van der Waals surface area (Å²) < 4.78 is 25.8. The molecule has 0 aliphatic carbocycles. The largest absolute Gasteiger partial charge is 0.513 e. The number of hydrogen-bond acceptors (Lipinski definition) is 9. The Bertz CT molecular complexity index is 1200. The van der Waals surface area contributed by atoms with Crippen molar-refractivity contribution in [2.75, 3.05) is 27.4 Å². The van der Waals surface area contributed by atoms with E-state index in [1.54, 1.807) is 65.3 Å². The monoisotopic (exact) mass is 572 g/mol. The molecule has 3 N–H and O–H groups in total. The second-order valence-electron chi connectivity index (χ2n) is 9.67. The zero-order valence-electron chi connectivity index (χ0n) is 23.7. The van der Waals surface area contributed by atoms with E-state index in [-0.39, 0.29) is 31.7 Å². The molecule has 0 bridgehead atoms. The molecule has 2 rings (SSSR count). The van der Waals surface area contributed by atoms with E-state index in [1.807, 2.05) is 24.3 Å². The molecule has 0 spiro atoms. The highest BCUT2D eigenvalue weighted by Gasteiger charge is 2.25. The molecule has 0 aliphatic rings. The van der Waals surface area contributed by atoms with E-state index in [2.05, 4.69) is 10.6 Å². The Morgan fingerprint density at radius 2 is 1.51 bits per heavy atom. The minimum atomic E-state index is -1.15. The smallest absolute Gasteiger partial charge is 0.497 e. The topological polar surface area (TPSA) is 159 Å². The summed E-state index contributed by atoms with van der Waals surface area (Å²) in [5.41, 5.74) is 0.938. The number of nitrogens with one attached hydrogen (secondary N) is 2. The molecule has 2 amide bonds. The Morgan fingerprint density at radius 1 is 0.902 bits per heavy atom. The van der Waals surface area contributed by atoms with E-state index in [4.69, 9.17) is 28.8 Å². The maximum atomic E-state index is 12.5. The highest BCUT2D eigenvalue weighted by atomic mass is 16.7. The van der Waals surface area contributed by atoms with Crippen molar-refractivity contribution in [3.8, 4) is 17.2 Å². The molecule has 12 heteroatoms. The lowest BCUT2D eigenvalue weighted by atomic mass is 10.1. The standard InChI is InChI=1S/C29H36N2O10/c1-29(2,3)41-27(35)31-24(12-13-25(32)33)26(34)30-14-15-39-28(36)40-21-10-8-19(9-11-21)6-7-20-16-22(37-4)18-23(17-20)38-5/h6-11,16-18,24H,12-15H2,1-5H3,(H,30,34)(H,31,35)(H,32,33). The molecular formula is C29H36N2O10.